The number of carbonyl (C=O) groups is 1. The Balaban J connectivity index is 0.00000192. The second-order valence-electron chi connectivity index (χ2n) is 6.54. The highest BCUT2D eigenvalue weighted by atomic mass is 35.5. The fourth-order valence-electron chi connectivity index (χ4n) is 3.57. The number of nitrogens with zero attached hydrogens (tertiary/aromatic N) is 1. The van der Waals surface area contributed by atoms with Gasteiger partial charge in [0.1, 0.15) is 0 Å². The number of piperidine rings is 1. The van der Waals surface area contributed by atoms with Gasteiger partial charge in [-0.2, -0.15) is 23.1 Å². The molecule has 1 saturated carbocycles. The number of halogens is 1. The van der Waals surface area contributed by atoms with E-state index in [1.807, 2.05) is 0 Å². The second-order valence-corrected chi connectivity index (χ2v) is 8.42. The van der Waals surface area contributed by atoms with E-state index < -0.39 is 0 Å². The van der Waals surface area contributed by atoms with Gasteiger partial charge in [0.05, 0.1) is 5.75 Å². The molecule has 1 saturated heterocycles. The minimum absolute atomic E-state index is 0. The molecule has 3 rings (SSSR count). The van der Waals surface area contributed by atoms with E-state index in [2.05, 4.69) is 34.0 Å². The van der Waals surface area contributed by atoms with Gasteiger partial charge >= 0.3 is 0 Å². The van der Waals surface area contributed by atoms with E-state index in [1.165, 1.54) is 24.8 Å². The third-order valence-electron chi connectivity index (χ3n) is 4.95. The van der Waals surface area contributed by atoms with Crippen molar-refractivity contribution in [1.29, 1.82) is 0 Å². The van der Waals surface area contributed by atoms with Crippen LogP contribution < -0.4 is 5.32 Å². The Kier molecular flexibility index (Phi) is 7.26. The molecule has 1 aromatic rings. The Morgan fingerprint density at radius 1 is 1.48 bits per heavy atom. The van der Waals surface area contributed by atoms with Gasteiger partial charge in [0, 0.05) is 12.6 Å². The Bertz CT molecular complexity index is 489. The molecule has 0 aromatic carbocycles. The summed E-state index contributed by atoms with van der Waals surface area (Å²) < 4.78 is 0. The number of amides is 1. The summed E-state index contributed by atoms with van der Waals surface area (Å²) in [6.45, 7) is 5.20. The van der Waals surface area contributed by atoms with Crippen molar-refractivity contribution in [3.8, 4) is 0 Å². The zero-order chi connectivity index (χ0) is 15.4. The number of hydrogen-bond donors (Lipinski definition) is 1. The number of rotatable bonds is 7. The molecule has 1 aliphatic heterocycles. The molecule has 1 amide bonds. The summed E-state index contributed by atoms with van der Waals surface area (Å²) in [5.41, 5.74) is 1.71. The third-order valence-corrected chi connectivity index (χ3v) is 6.83. The Morgan fingerprint density at radius 3 is 2.91 bits per heavy atom. The molecular weight excluding hydrogens is 348 g/mol. The van der Waals surface area contributed by atoms with Crippen LogP contribution in [0.3, 0.4) is 0 Å². The standard InChI is InChI=1S/C17H26N2OS2.ClH/c1-2-8-21-13-16(20)19(11-14-3-9-22-12-14)15-10-17(15)4-6-18-7-5-17;/h3,9,12,15,18H,2,4-8,10-11,13H2,1H3;1H. The van der Waals surface area contributed by atoms with Crippen LogP contribution in [0, 0.1) is 5.41 Å². The molecule has 0 radical (unpaired) electrons. The lowest BCUT2D eigenvalue weighted by Gasteiger charge is -2.29. The number of hydrogen-bond acceptors (Lipinski definition) is 4. The normalized spacial score (nSPS) is 21.7. The van der Waals surface area contributed by atoms with Gasteiger partial charge in [-0.05, 0) is 72.3 Å². The van der Waals surface area contributed by atoms with Crippen LogP contribution in [0.5, 0.6) is 0 Å². The van der Waals surface area contributed by atoms with Gasteiger partial charge in [-0.3, -0.25) is 4.79 Å². The van der Waals surface area contributed by atoms with E-state index in [9.17, 15) is 4.79 Å². The summed E-state index contributed by atoms with van der Waals surface area (Å²) in [7, 11) is 0. The van der Waals surface area contributed by atoms with Gasteiger partial charge < -0.3 is 10.2 Å². The summed E-state index contributed by atoms with van der Waals surface area (Å²) in [4.78, 5) is 14.9. The fraction of sp³-hybridized carbons (Fsp3) is 0.706. The zero-order valence-corrected chi connectivity index (χ0v) is 16.2. The molecule has 1 atom stereocenters. The Morgan fingerprint density at radius 2 is 2.26 bits per heavy atom. The van der Waals surface area contributed by atoms with E-state index in [-0.39, 0.29) is 12.4 Å². The average molecular weight is 375 g/mol. The molecule has 1 unspecified atom stereocenters. The van der Waals surface area contributed by atoms with E-state index in [0.29, 0.717) is 23.1 Å². The fourth-order valence-corrected chi connectivity index (χ4v) is 5.00. The van der Waals surface area contributed by atoms with Crippen molar-refractivity contribution in [3.63, 3.8) is 0 Å². The predicted molar refractivity (Wildman–Crippen MR) is 103 cm³/mol. The van der Waals surface area contributed by atoms with Crippen molar-refractivity contribution in [1.82, 2.24) is 10.2 Å². The molecule has 130 valence electrons. The van der Waals surface area contributed by atoms with Crippen LogP contribution in [0.4, 0.5) is 0 Å². The highest BCUT2D eigenvalue weighted by molar-refractivity contribution is 7.99. The molecule has 1 aromatic heterocycles. The SMILES string of the molecule is CCCSCC(=O)N(Cc1ccsc1)C1CC12CCNCC2.Cl. The van der Waals surface area contributed by atoms with Gasteiger partial charge in [0.25, 0.3) is 0 Å². The first-order valence-electron chi connectivity index (χ1n) is 8.34. The lowest BCUT2D eigenvalue weighted by Crippen LogP contribution is -2.39. The average Bonchev–Trinajstić information content (AvgIpc) is 2.98. The highest BCUT2D eigenvalue weighted by Crippen LogP contribution is 2.56. The van der Waals surface area contributed by atoms with Crippen LogP contribution in [0.2, 0.25) is 0 Å². The predicted octanol–water partition coefficient (Wildman–Crippen LogP) is 3.78. The van der Waals surface area contributed by atoms with Gasteiger partial charge in [-0.15, -0.1) is 12.4 Å². The van der Waals surface area contributed by atoms with Crippen LogP contribution in [0.25, 0.3) is 0 Å². The van der Waals surface area contributed by atoms with Gasteiger partial charge in [-0.25, -0.2) is 0 Å². The van der Waals surface area contributed by atoms with E-state index in [0.717, 1.165) is 31.8 Å². The number of thiophene rings is 1. The highest BCUT2D eigenvalue weighted by Gasteiger charge is 2.57. The summed E-state index contributed by atoms with van der Waals surface area (Å²) in [5.74, 6) is 2.06. The van der Waals surface area contributed by atoms with Gasteiger partial charge in [0.2, 0.25) is 5.91 Å². The number of nitrogens with one attached hydrogen (secondary N) is 1. The van der Waals surface area contributed by atoms with Crippen molar-refractivity contribution >= 4 is 41.4 Å². The van der Waals surface area contributed by atoms with Crippen LogP contribution >= 0.6 is 35.5 Å². The van der Waals surface area contributed by atoms with Crippen molar-refractivity contribution in [2.24, 2.45) is 5.41 Å². The molecule has 1 N–H and O–H groups in total. The van der Waals surface area contributed by atoms with Crippen LogP contribution in [-0.4, -0.2) is 41.4 Å². The van der Waals surface area contributed by atoms with E-state index in [4.69, 9.17) is 0 Å². The molecule has 1 spiro atoms. The smallest absolute Gasteiger partial charge is 0.233 e. The zero-order valence-electron chi connectivity index (χ0n) is 13.8. The lowest BCUT2D eigenvalue weighted by molar-refractivity contribution is -0.130. The molecule has 3 nitrogen and oxygen atoms in total. The van der Waals surface area contributed by atoms with E-state index in [1.54, 1.807) is 23.1 Å². The van der Waals surface area contributed by atoms with Crippen molar-refractivity contribution < 1.29 is 4.79 Å². The molecule has 2 fully saturated rings. The molecule has 6 heteroatoms. The first-order valence-corrected chi connectivity index (χ1v) is 10.4. The quantitative estimate of drug-likeness (QED) is 0.737. The first-order chi connectivity index (χ1) is 10.7. The molecule has 23 heavy (non-hydrogen) atoms. The Labute approximate surface area is 154 Å². The van der Waals surface area contributed by atoms with Gasteiger partial charge in [-0.1, -0.05) is 6.92 Å². The van der Waals surface area contributed by atoms with E-state index >= 15 is 0 Å². The maximum atomic E-state index is 12.7. The molecular formula is C17H27ClN2OS2. The monoisotopic (exact) mass is 374 g/mol. The number of thioether (sulfide) groups is 1. The third kappa shape index (κ3) is 4.65. The molecule has 0 bridgehead atoms. The largest absolute Gasteiger partial charge is 0.334 e. The summed E-state index contributed by atoms with van der Waals surface area (Å²) >= 11 is 3.50. The van der Waals surface area contributed by atoms with Gasteiger partial charge in [0.15, 0.2) is 0 Å². The summed E-state index contributed by atoms with van der Waals surface area (Å²) in [6.07, 6.45) is 4.81. The summed E-state index contributed by atoms with van der Waals surface area (Å²) in [5, 5.41) is 7.74. The maximum absolute atomic E-state index is 12.7. The maximum Gasteiger partial charge on any atom is 0.233 e. The van der Waals surface area contributed by atoms with Crippen molar-refractivity contribution in [3.05, 3.63) is 22.4 Å². The minimum atomic E-state index is 0. The first kappa shape index (κ1) is 19.1. The van der Waals surface area contributed by atoms with Crippen molar-refractivity contribution in [2.75, 3.05) is 24.6 Å². The molecule has 2 heterocycles. The van der Waals surface area contributed by atoms with Crippen LogP contribution in [0.1, 0.15) is 38.2 Å². The minimum Gasteiger partial charge on any atom is -0.334 e. The second kappa shape index (κ2) is 8.75. The summed E-state index contributed by atoms with van der Waals surface area (Å²) in [6, 6.07) is 2.63. The topological polar surface area (TPSA) is 32.3 Å². The van der Waals surface area contributed by atoms with Crippen LogP contribution in [-0.2, 0) is 11.3 Å². The lowest BCUT2D eigenvalue weighted by atomic mass is 9.93. The number of carbonyl (C=O) groups excluding carboxylic acids is 1. The Hall–Kier alpha value is -0.230. The van der Waals surface area contributed by atoms with Crippen LogP contribution in [0.15, 0.2) is 16.8 Å². The van der Waals surface area contributed by atoms with Crippen molar-refractivity contribution in [2.45, 2.75) is 45.2 Å². The molecule has 2 aliphatic rings. The molecule has 1 aliphatic carbocycles.